The highest BCUT2D eigenvalue weighted by Gasteiger charge is 2.37. The second kappa shape index (κ2) is 5.29. The Morgan fingerprint density at radius 2 is 2.05 bits per heavy atom. The van der Waals surface area contributed by atoms with Gasteiger partial charge in [0.2, 0.25) is 0 Å². The molecule has 2 aliphatic rings. The largest absolute Gasteiger partial charge is 0.481 e. The maximum Gasteiger partial charge on any atom is 0.306 e. The van der Waals surface area contributed by atoms with Gasteiger partial charge in [0.1, 0.15) is 0 Å². The highest BCUT2D eigenvalue weighted by atomic mass is 16.4. The van der Waals surface area contributed by atoms with E-state index in [0.29, 0.717) is 11.8 Å². The third-order valence-electron chi connectivity index (χ3n) is 4.41. The van der Waals surface area contributed by atoms with Gasteiger partial charge in [-0.2, -0.15) is 0 Å². The van der Waals surface area contributed by atoms with Gasteiger partial charge >= 0.3 is 5.97 Å². The molecule has 4 heteroatoms. The zero-order valence-corrected chi connectivity index (χ0v) is 11.0. The number of likely N-dealkylation sites (tertiary alicyclic amines) is 1. The van der Waals surface area contributed by atoms with Crippen molar-refractivity contribution in [1.82, 2.24) is 9.88 Å². The molecule has 1 aromatic heterocycles. The smallest absolute Gasteiger partial charge is 0.306 e. The lowest BCUT2D eigenvalue weighted by molar-refractivity contribution is -0.145. The number of carboxylic acid groups (broad SMARTS) is 1. The van der Waals surface area contributed by atoms with Crippen molar-refractivity contribution in [2.45, 2.75) is 25.8 Å². The third-order valence-corrected chi connectivity index (χ3v) is 4.41. The average molecular weight is 260 g/mol. The van der Waals surface area contributed by atoms with Crippen LogP contribution in [0.1, 0.15) is 24.8 Å². The highest BCUT2D eigenvalue weighted by molar-refractivity contribution is 5.70. The number of nitrogens with zero attached hydrogens (tertiary/aromatic N) is 2. The Morgan fingerprint density at radius 1 is 1.32 bits per heavy atom. The van der Waals surface area contributed by atoms with E-state index in [1.807, 2.05) is 12.3 Å². The van der Waals surface area contributed by atoms with E-state index in [2.05, 4.69) is 16.0 Å². The molecule has 1 aromatic rings. The summed E-state index contributed by atoms with van der Waals surface area (Å²) in [7, 11) is 0. The monoisotopic (exact) mass is 260 g/mol. The van der Waals surface area contributed by atoms with Gasteiger partial charge in [-0.3, -0.25) is 14.7 Å². The van der Waals surface area contributed by atoms with E-state index < -0.39 is 5.97 Å². The molecule has 2 fully saturated rings. The summed E-state index contributed by atoms with van der Waals surface area (Å²) in [6, 6.07) is 4.08. The molecule has 102 valence electrons. The number of fused-ring (bicyclic) bond motifs is 2. The van der Waals surface area contributed by atoms with Gasteiger partial charge < -0.3 is 5.11 Å². The second-order valence-corrected chi connectivity index (χ2v) is 6.03. The van der Waals surface area contributed by atoms with E-state index in [4.69, 9.17) is 0 Å². The van der Waals surface area contributed by atoms with Crippen molar-refractivity contribution in [2.24, 2.45) is 17.8 Å². The number of pyridine rings is 1. The van der Waals surface area contributed by atoms with Crippen LogP contribution >= 0.6 is 0 Å². The van der Waals surface area contributed by atoms with Gasteiger partial charge in [0, 0.05) is 32.0 Å². The van der Waals surface area contributed by atoms with Gasteiger partial charge in [0.05, 0.1) is 5.92 Å². The van der Waals surface area contributed by atoms with Crippen LogP contribution in [0.25, 0.3) is 0 Å². The number of hydrogen-bond acceptors (Lipinski definition) is 3. The fourth-order valence-electron chi connectivity index (χ4n) is 3.75. The summed E-state index contributed by atoms with van der Waals surface area (Å²) in [6.45, 7) is 3.02. The lowest BCUT2D eigenvalue weighted by atomic mass is 9.72. The van der Waals surface area contributed by atoms with Crippen LogP contribution in [0.3, 0.4) is 0 Å². The van der Waals surface area contributed by atoms with E-state index in [-0.39, 0.29) is 5.92 Å². The number of hydrogen-bond donors (Lipinski definition) is 1. The first kappa shape index (κ1) is 12.6. The number of aliphatic carboxylic acids is 1. The maximum atomic E-state index is 11.1. The fourth-order valence-corrected chi connectivity index (χ4v) is 3.75. The van der Waals surface area contributed by atoms with Crippen LogP contribution in [0, 0.1) is 17.8 Å². The van der Waals surface area contributed by atoms with Crippen molar-refractivity contribution in [1.29, 1.82) is 0 Å². The molecule has 1 aliphatic carbocycles. The van der Waals surface area contributed by atoms with Crippen LogP contribution in [-0.2, 0) is 11.3 Å². The van der Waals surface area contributed by atoms with Crippen LogP contribution < -0.4 is 0 Å². The minimum atomic E-state index is -0.601. The number of aromatic nitrogens is 1. The Kier molecular flexibility index (Phi) is 3.51. The highest BCUT2D eigenvalue weighted by Crippen LogP contribution is 2.38. The minimum absolute atomic E-state index is 0.107. The number of carboxylic acids is 1. The molecule has 0 spiro atoms. The molecule has 2 heterocycles. The Bertz CT molecular complexity index is 435. The van der Waals surface area contributed by atoms with E-state index in [9.17, 15) is 9.90 Å². The molecule has 1 saturated heterocycles. The molecule has 3 rings (SSSR count). The Hall–Kier alpha value is -1.42. The maximum absolute atomic E-state index is 11.1. The lowest BCUT2D eigenvalue weighted by Gasteiger charge is -2.43. The average Bonchev–Trinajstić information content (AvgIpc) is 2.38. The molecule has 2 atom stereocenters. The van der Waals surface area contributed by atoms with Gasteiger partial charge in [-0.1, -0.05) is 6.07 Å². The van der Waals surface area contributed by atoms with E-state index in [1.54, 1.807) is 6.20 Å². The summed E-state index contributed by atoms with van der Waals surface area (Å²) < 4.78 is 0. The summed E-state index contributed by atoms with van der Waals surface area (Å²) >= 11 is 0. The van der Waals surface area contributed by atoms with E-state index >= 15 is 0 Å². The van der Waals surface area contributed by atoms with Crippen molar-refractivity contribution in [3.63, 3.8) is 0 Å². The number of rotatable bonds is 3. The Labute approximate surface area is 113 Å². The predicted molar refractivity (Wildman–Crippen MR) is 71.5 cm³/mol. The normalized spacial score (nSPS) is 31.1. The fraction of sp³-hybridized carbons (Fsp3) is 0.600. The third kappa shape index (κ3) is 2.95. The summed E-state index contributed by atoms with van der Waals surface area (Å²) in [6.07, 6.45) is 6.65. The zero-order chi connectivity index (χ0) is 13.2. The van der Waals surface area contributed by atoms with Gasteiger partial charge in [0.25, 0.3) is 0 Å². The Balaban J connectivity index is 1.62. The number of piperidine rings is 1. The molecule has 2 bridgehead atoms. The molecular formula is C15H20N2O2. The van der Waals surface area contributed by atoms with Gasteiger partial charge in [-0.15, -0.1) is 0 Å². The quantitative estimate of drug-likeness (QED) is 0.903. The zero-order valence-electron chi connectivity index (χ0n) is 11.0. The first-order chi connectivity index (χ1) is 9.20. The summed E-state index contributed by atoms with van der Waals surface area (Å²) in [4.78, 5) is 17.8. The van der Waals surface area contributed by atoms with Crippen LogP contribution in [0.4, 0.5) is 0 Å². The minimum Gasteiger partial charge on any atom is -0.481 e. The van der Waals surface area contributed by atoms with Gasteiger partial charge in [0.15, 0.2) is 0 Å². The first-order valence-electron chi connectivity index (χ1n) is 7.05. The number of carbonyl (C=O) groups is 1. The lowest BCUT2D eigenvalue weighted by Crippen LogP contribution is -2.45. The predicted octanol–water partition coefficient (Wildman–Crippen LogP) is 2.01. The molecule has 0 aromatic carbocycles. The van der Waals surface area contributed by atoms with Crippen molar-refractivity contribution in [3.8, 4) is 0 Å². The van der Waals surface area contributed by atoms with Crippen LogP contribution in [0.5, 0.6) is 0 Å². The van der Waals surface area contributed by atoms with E-state index in [0.717, 1.165) is 32.5 Å². The molecule has 1 saturated carbocycles. The molecule has 0 radical (unpaired) electrons. The second-order valence-electron chi connectivity index (χ2n) is 6.03. The molecule has 1 aliphatic heterocycles. The SMILES string of the molecule is O=C(O)C1CC2CC(C1)CN(Cc1cccnc1)C2. The standard InChI is InChI=1S/C15H20N2O2/c18-15(19)14-5-12-4-13(6-14)10-17(9-12)8-11-2-1-3-16-7-11/h1-3,7,12-14H,4-6,8-10H2,(H,18,19). The van der Waals surface area contributed by atoms with Crippen LogP contribution in [-0.4, -0.2) is 34.0 Å². The van der Waals surface area contributed by atoms with Gasteiger partial charge in [-0.25, -0.2) is 0 Å². The molecule has 19 heavy (non-hydrogen) atoms. The first-order valence-corrected chi connectivity index (χ1v) is 7.05. The Morgan fingerprint density at radius 3 is 2.63 bits per heavy atom. The van der Waals surface area contributed by atoms with Crippen molar-refractivity contribution >= 4 is 5.97 Å². The molecule has 2 unspecified atom stereocenters. The summed E-state index contributed by atoms with van der Waals surface area (Å²) in [5.41, 5.74) is 1.25. The topological polar surface area (TPSA) is 53.4 Å². The van der Waals surface area contributed by atoms with E-state index in [1.165, 1.54) is 12.0 Å². The van der Waals surface area contributed by atoms with Gasteiger partial charge in [-0.05, 0) is 42.7 Å². The van der Waals surface area contributed by atoms with Crippen LogP contribution in [0.2, 0.25) is 0 Å². The van der Waals surface area contributed by atoms with Crippen LogP contribution in [0.15, 0.2) is 24.5 Å². The molecular weight excluding hydrogens is 240 g/mol. The summed E-state index contributed by atoms with van der Waals surface area (Å²) in [5.74, 6) is 0.412. The van der Waals surface area contributed by atoms with Crippen molar-refractivity contribution < 1.29 is 9.90 Å². The summed E-state index contributed by atoms with van der Waals surface area (Å²) in [5, 5.41) is 9.17. The molecule has 0 amide bonds. The van der Waals surface area contributed by atoms with Crippen molar-refractivity contribution in [2.75, 3.05) is 13.1 Å². The van der Waals surface area contributed by atoms with Crippen molar-refractivity contribution in [3.05, 3.63) is 30.1 Å². The molecule has 1 N–H and O–H groups in total. The molecule has 4 nitrogen and oxygen atoms in total.